The van der Waals surface area contributed by atoms with Gasteiger partial charge in [0.2, 0.25) is 5.91 Å². The molecule has 1 unspecified atom stereocenters. The zero-order valence-electron chi connectivity index (χ0n) is 12.6. The molecule has 0 aromatic heterocycles. The Balaban J connectivity index is 2.50. The van der Waals surface area contributed by atoms with Crippen LogP contribution in [0.25, 0.3) is 0 Å². The van der Waals surface area contributed by atoms with Crippen LogP contribution in [0.1, 0.15) is 32.8 Å². The number of benzene rings is 1. The average Bonchev–Trinajstić information content (AvgIpc) is 2.37. The van der Waals surface area contributed by atoms with Crippen molar-refractivity contribution in [3.8, 4) is 0 Å². The zero-order chi connectivity index (χ0) is 15.2. The number of amides is 1. The molecule has 0 bridgehead atoms. The Labute approximate surface area is 121 Å². The van der Waals surface area contributed by atoms with E-state index in [-0.39, 0.29) is 36.4 Å². The van der Waals surface area contributed by atoms with Gasteiger partial charge >= 0.3 is 0 Å². The van der Waals surface area contributed by atoms with E-state index in [1.165, 1.54) is 0 Å². The largest absolute Gasteiger partial charge is 0.394 e. The van der Waals surface area contributed by atoms with Crippen molar-refractivity contribution >= 4 is 5.91 Å². The van der Waals surface area contributed by atoms with Gasteiger partial charge in [0.05, 0.1) is 12.6 Å². The molecule has 4 nitrogen and oxygen atoms in total. The van der Waals surface area contributed by atoms with Crippen LogP contribution in [0.5, 0.6) is 0 Å². The standard InChI is InChI=1S/C16H26N2O2/c1-16(2,3)14(17)10-15(20)18-13(11-19)9-12-7-5-4-6-8-12/h4-8,13-14,19H,9-11,17H2,1-3H3,(H,18,20)/t13-,14?/m1/s1. The highest BCUT2D eigenvalue weighted by molar-refractivity contribution is 5.77. The molecule has 0 aliphatic rings. The summed E-state index contributed by atoms with van der Waals surface area (Å²) in [5, 5.41) is 12.2. The van der Waals surface area contributed by atoms with Crippen LogP contribution in [-0.2, 0) is 11.2 Å². The lowest BCUT2D eigenvalue weighted by Crippen LogP contribution is -2.44. The normalized spacial score (nSPS) is 14.7. The van der Waals surface area contributed by atoms with Crippen molar-refractivity contribution in [3.05, 3.63) is 35.9 Å². The van der Waals surface area contributed by atoms with Crippen molar-refractivity contribution in [2.24, 2.45) is 11.1 Å². The van der Waals surface area contributed by atoms with Crippen LogP contribution in [-0.4, -0.2) is 29.7 Å². The van der Waals surface area contributed by atoms with Gasteiger partial charge in [0.25, 0.3) is 0 Å². The van der Waals surface area contributed by atoms with Gasteiger partial charge in [-0.15, -0.1) is 0 Å². The number of hydrogen-bond acceptors (Lipinski definition) is 3. The smallest absolute Gasteiger partial charge is 0.221 e. The van der Waals surface area contributed by atoms with Crippen LogP contribution < -0.4 is 11.1 Å². The Morgan fingerprint density at radius 3 is 2.40 bits per heavy atom. The van der Waals surface area contributed by atoms with E-state index in [9.17, 15) is 9.90 Å². The molecule has 0 heterocycles. The number of rotatable bonds is 6. The van der Waals surface area contributed by atoms with Crippen molar-refractivity contribution in [2.75, 3.05) is 6.61 Å². The fourth-order valence-electron chi connectivity index (χ4n) is 1.85. The SMILES string of the molecule is CC(C)(C)C(N)CC(=O)N[C@@H](CO)Cc1ccccc1. The molecule has 0 spiro atoms. The fourth-order valence-corrected chi connectivity index (χ4v) is 1.85. The van der Waals surface area contributed by atoms with E-state index in [2.05, 4.69) is 5.32 Å². The molecule has 1 amide bonds. The maximum Gasteiger partial charge on any atom is 0.221 e. The summed E-state index contributed by atoms with van der Waals surface area (Å²) in [4.78, 5) is 12.0. The van der Waals surface area contributed by atoms with Gasteiger partial charge in [-0.05, 0) is 17.4 Å². The number of nitrogens with two attached hydrogens (primary N) is 1. The number of carbonyl (C=O) groups excluding carboxylic acids is 1. The summed E-state index contributed by atoms with van der Waals surface area (Å²) < 4.78 is 0. The van der Waals surface area contributed by atoms with Crippen molar-refractivity contribution in [1.82, 2.24) is 5.32 Å². The van der Waals surface area contributed by atoms with Crippen LogP contribution >= 0.6 is 0 Å². The van der Waals surface area contributed by atoms with Crippen molar-refractivity contribution < 1.29 is 9.90 Å². The predicted octanol–water partition coefficient (Wildman–Crippen LogP) is 1.47. The Bertz CT molecular complexity index is 412. The molecule has 20 heavy (non-hydrogen) atoms. The van der Waals surface area contributed by atoms with Gasteiger partial charge in [0, 0.05) is 12.5 Å². The quantitative estimate of drug-likeness (QED) is 0.737. The maximum absolute atomic E-state index is 12.0. The molecule has 112 valence electrons. The van der Waals surface area contributed by atoms with Crippen LogP contribution in [0.3, 0.4) is 0 Å². The third kappa shape index (κ3) is 5.72. The van der Waals surface area contributed by atoms with Crippen LogP contribution in [0.2, 0.25) is 0 Å². The summed E-state index contributed by atoms with van der Waals surface area (Å²) in [6.07, 6.45) is 0.891. The lowest BCUT2D eigenvalue weighted by Gasteiger charge is -2.27. The molecule has 1 aromatic rings. The number of hydrogen-bond donors (Lipinski definition) is 3. The Kier molecular flexibility index (Phi) is 6.17. The Morgan fingerprint density at radius 1 is 1.30 bits per heavy atom. The molecule has 0 saturated heterocycles. The maximum atomic E-state index is 12.0. The predicted molar refractivity (Wildman–Crippen MR) is 81.2 cm³/mol. The van der Waals surface area contributed by atoms with Crippen molar-refractivity contribution in [1.29, 1.82) is 0 Å². The van der Waals surface area contributed by atoms with Crippen LogP contribution in [0.15, 0.2) is 30.3 Å². The second kappa shape index (κ2) is 7.41. The first kappa shape index (κ1) is 16.7. The van der Waals surface area contributed by atoms with Gasteiger partial charge in [0.1, 0.15) is 0 Å². The van der Waals surface area contributed by atoms with Gasteiger partial charge in [-0.25, -0.2) is 0 Å². The second-order valence-electron chi connectivity index (χ2n) is 6.31. The van der Waals surface area contributed by atoms with Gasteiger partial charge in [-0.2, -0.15) is 0 Å². The van der Waals surface area contributed by atoms with Gasteiger partial charge in [-0.1, -0.05) is 51.1 Å². The van der Waals surface area contributed by atoms with Gasteiger partial charge in [-0.3, -0.25) is 4.79 Å². The molecule has 0 aliphatic carbocycles. The van der Waals surface area contributed by atoms with E-state index in [1.54, 1.807) is 0 Å². The molecule has 2 atom stereocenters. The van der Waals surface area contributed by atoms with Crippen LogP contribution in [0.4, 0.5) is 0 Å². The lowest BCUT2D eigenvalue weighted by atomic mass is 9.85. The van der Waals surface area contributed by atoms with E-state index in [4.69, 9.17) is 5.73 Å². The van der Waals surface area contributed by atoms with E-state index in [0.717, 1.165) is 5.56 Å². The summed E-state index contributed by atoms with van der Waals surface area (Å²) in [5.41, 5.74) is 6.98. The molecule has 0 radical (unpaired) electrons. The minimum Gasteiger partial charge on any atom is -0.394 e. The summed E-state index contributed by atoms with van der Waals surface area (Å²) in [6.45, 7) is 5.96. The summed E-state index contributed by atoms with van der Waals surface area (Å²) >= 11 is 0. The van der Waals surface area contributed by atoms with Gasteiger partial charge < -0.3 is 16.2 Å². The first-order valence-electron chi connectivity index (χ1n) is 7.02. The highest BCUT2D eigenvalue weighted by atomic mass is 16.3. The summed E-state index contributed by atoms with van der Waals surface area (Å²) in [5.74, 6) is -0.109. The average molecular weight is 278 g/mol. The minimum absolute atomic E-state index is 0.0780. The Hall–Kier alpha value is -1.39. The Morgan fingerprint density at radius 2 is 1.90 bits per heavy atom. The molecule has 0 saturated carbocycles. The molecular weight excluding hydrogens is 252 g/mol. The third-order valence-electron chi connectivity index (χ3n) is 3.43. The number of carbonyl (C=O) groups is 1. The molecule has 1 rings (SSSR count). The number of aliphatic hydroxyl groups excluding tert-OH is 1. The van der Waals surface area contributed by atoms with E-state index in [0.29, 0.717) is 6.42 Å². The first-order valence-corrected chi connectivity index (χ1v) is 7.02. The second-order valence-corrected chi connectivity index (χ2v) is 6.31. The van der Waals surface area contributed by atoms with Gasteiger partial charge in [0.15, 0.2) is 0 Å². The lowest BCUT2D eigenvalue weighted by molar-refractivity contribution is -0.122. The topological polar surface area (TPSA) is 75.4 Å². The van der Waals surface area contributed by atoms with Crippen molar-refractivity contribution in [2.45, 2.75) is 45.7 Å². The molecule has 0 fully saturated rings. The van der Waals surface area contributed by atoms with E-state index in [1.807, 2.05) is 51.1 Å². The molecule has 4 heteroatoms. The number of nitrogens with one attached hydrogen (secondary N) is 1. The fraction of sp³-hybridized carbons (Fsp3) is 0.562. The molecular formula is C16H26N2O2. The highest BCUT2D eigenvalue weighted by Crippen LogP contribution is 2.19. The van der Waals surface area contributed by atoms with Crippen LogP contribution in [0, 0.1) is 5.41 Å². The zero-order valence-corrected chi connectivity index (χ0v) is 12.6. The number of aliphatic hydroxyl groups is 1. The van der Waals surface area contributed by atoms with E-state index < -0.39 is 0 Å². The highest BCUT2D eigenvalue weighted by Gasteiger charge is 2.24. The first-order chi connectivity index (χ1) is 9.32. The van der Waals surface area contributed by atoms with Crippen molar-refractivity contribution in [3.63, 3.8) is 0 Å². The molecule has 1 aromatic carbocycles. The molecule has 0 aliphatic heterocycles. The summed E-state index contributed by atoms with van der Waals surface area (Å²) in [7, 11) is 0. The monoisotopic (exact) mass is 278 g/mol. The van der Waals surface area contributed by atoms with E-state index >= 15 is 0 Å². The summed E-state index contributed by atoms with van der Waals surface area (Å²) in [6, 6.07) is 9.34. The molecule has 4 N–H and O–H groups in total. The third-order valence-corrected chi connectivity index (χ3v) is 3.43. The minimum atomic E-state index is -0.267.